The summed E-state index contributed by atoms with van der Waals surface area (Å²) in [7, 11) is 1.53. The maximum atomic E-state index is 8.20. The second-order valence-electron chi connectivity index (χ2n) is 2.06. The lowest BCUT2D eigenvalue weighted by Crippen LogP contribution is -1.87. The largest absolute Gasteiger partial charge is 0.492 e. The quantitative estimate of drug-likeness (QED) is 0.399. The molecule has 0 aromatic carbocycles. The lowest BCUT2D eigenvalue weighted by molar-refractivity contribution is 0.320. The van der Waals surface area contributed by atoms with Gasteiger partial charge in [-0.05, 0) is 6.92 Å². The summed E-state index contributed by atoms with van der Waals surface area (Å²) in [5.74, 6) is 1.02. The third-order valence-corrected chi connectivity index (χ3v) is 1.32. The van der Waals surface area contributed by atoms with Crippen molar-refractivity contribution in [3.05, 3.63) is 17.6 Å². The van der Waals surface area contributed by atoms with E-state index in [0.29, 0.717) is 11.5 Å². The van der Waals surface area contributed by atoms with Crippen LogP contribution in [0.4, 0.5) is 0 Å². The molecule has 0 aliphatic carbocycles. The van der Waals surface area contributed by atoms with E-state index in [2.05, 4.69) is 5.16 Å². The van der Waals surface area contributed by atoms with E-state index in [-0.39, 0.29) is 0 Å². The summed E-state index contributed by atoms with van der Waals surface area (Å²) >= 11 is 0. The number of aryl methyl sites for hydroxylation is 1. The van der Waals surface area contributed by atoms with Crippen LogP contribution in [0.25, 0.3) is 0 Å². The van der Waals surface area contributed by atoms with Gasteiger partial charge in [-0.25, -0.2) is 0 Å². The zero-order chi connectivity index (χ0) is 8.27. The first kappa shape index (κ1) is 7.65. The molecule has 0 radical (unpaired) electrons. The highest BCUT2D eigenvalue weighted by molar-refractivity contribution is 5.80. The predicted octanol–water partition coefficient (Wildman–Crippen LogP) is 1.40. The van der Waals surface area contributed by atoms with E-state index in [1.165, 1.54) is 19.6 Å². The number of hydrogen-bond acceptors (Lipinski definition) is 4. The maximum absolute atomic E-state index is 8.20. The van der Waals surface area contributed by atoms with Gasteiger partial charge in [0.05, 0.1) is 13.4 Å². The zero-order valence-corrected chi connectivity index (χ0v) is 6.37. The molecule has 0 aliphatic rings. The van der Waals surface area contributed by atoms with Crippen molar-refractivity contribution < 1.29 is 14.4 Å². The molecule has 0 fully saturated rings. The minimum absolute atomic E-state index is 0.424. The Kier molecular flexibility index (Phi) is 2.15. The molecule has 0 spiro atoms. The molecule has 0 bridgehead atoms. The van der Waals surface area contributed by atoms with Gasteiger partial charge in [0.1, 0.15) is 6.21 Å². The molecule has 0 atom stereocenters. The van der Waals surface area contributed by atoms with Gasteiger partial charge >= 0.3 is 0 Å². The molecule has 4 heteroatoms. The van der Waals surface area contributed by atoms with Crippen LogP contribution in [-0.4, -0.2) is 18.5 Å². The summed E-state index contributed by atoms with van der Waals surface area (Å²) in [4.78, 5) is 0. The molecular formula is C7H9NO3. The van der Waals surface area contributed by atoms with Crippen LogP contribution in [0.5, 0.6) is 5.75 Å². The summed E-state index contributed by atoms with van der Waals surface area (Å²) in [5, 5.41) is 11.0. The van der Waals surface area contributed by atoms with E-state index >= 15 is 0 Å². The molecule has 11 heavy (non-hydrogen) atoms. The van der Waals surface area contributed by atoms with Gasteiger partial charge < -0.3 is 14.4 Å². The highest BCUT2D eigenvalue weighted by atomic mass is 16.5. The zero-order valence-electron chi connectivity index (χ0n) is 6.37. The molecule has 60 valence electrons. The molecule has 0 saturated carbocycles. The lowest BCUT2D eigenvalue weighted by Gasteiger charge is -1.95. The normalized spacial score (nSPS) is 10.7. The fourth-order valence-corrected chi connectivity index (χ4v) is 0.856. The summed E-state index contributed by atoms with van der Waals surface area (Å²) in [5.41, 5.74) is 0.877. The molecule has 4 nitrogen and oxygen atoms in total. The second kappa shape index (κ2) is 3.09. The number of methoxy groups -OCH3 is 1. The van der Waals surface area contributed by atoms with Crippen LogP contribution >= 0.6 is 0 Å². The van der Waals surface area contributed by atoms with Crippen LogP contribution in [0.2, 0.25) is 0 Å². The smallest absolute Gasteiger partial charge is 0.190 e. The van der Waals surface area contributed by atoms with Gasteiger partial charge in [0.2, 0.25) is 0 Å². The number of ether oxygens (including phenoxy) is 1. The average molecular weight is 155 g/mol. The first-order chi connectivity index (χ1) is 5.29. The maximum Gasteiger partial charge on any atom is 0.190 e. The van der Waals surface area contributed by atoms with Gasteiger partial charge in [0.25, 0.3) is 0 Å². The molecule has 1 rings (SSSR count). The SMILES string of the molecule is COc1c(C)coc1/C=N/O. The van der Waals surface area contributed by atoms with Gasteiger partial charge in [0, 0.05) is 5.56 Å². The Balaban J connectivity index is 3.05. The molecule has 0 aliphatic heterocycles. The van der Waals surface area contributed by atoms with Crippen LogP contribution < -0.4 is 4.74 Å². The fraction of sp³-hybridized carbons (Fsp3) is 0.286. The van der Waals surface area contributed by atoms with E-state index in [9.17, 15) is 0 Å². The number of nitrogens with zero attached hydrogens (tertiary/aromatic N) is 1. The Morgan fingerprint density at radius 3 is 3.00 bits per heavy atom. The van der Waals surface area contributed by atoms with Gasteiger partial charge in [-0.3, -0.25) is 0 Å². The summed E-state index contributed by atoms with van der Waals surface area (Å²) < 4.78 is 9.96. The van der Waals surface area contributed by atoms with Crippen molar-refractivity contribution in [3.8, 4) is 5.75 Å². The fourth-order valence-electron chi connectivity index (χ4n) is 0.856. The Bertz CT molecular complexity index is 265. The standard InChI is InChI=1S/C7H9NO3/c1-5-4-11-6(3-8-9)7(5)10-2/h3-4,9H,1-2H3/b8-3+. The van der Waals surface area contributed by atoms with Gasteiger partial charge in [0.15, 0.2) is 11.5 Å². The van der Waals surface area contributed by atoms with Crippen LogP contribution in [0, 0.1) is 6.92 Å². The van der Waals surface area contributed by atoms with E-state index in [0.717, 1.165) is 5.56 Å². The van der Waals surface area contributed by atoms with Gasteiger partial charge in [-0.1, -0.05) is 5.16 Å². The van der Waals surface area contributed by atoms with Crippen molar-refractivity contribution in [1.29, 1.82) is 0 Å². The molecule has 0 amide bonds. The predicted molar refractivity (Wildman–Crippen MR) is 39.4 cm³/mol. The molecule has 1 aromatic rings. The Hall–Kier alpha value is -1.45. The Morgan fingerprint density at radius 2 is 2.45 bits per heavy atom. The van der Waals surface area contributed by atoms with Crippen molar-refractivity contribution >= 4 is 6.21 Å². The molecule has 0 saturated heterocycles. The average Bonchev–Trinajstić information content (AvgIpc) is 2.33. The van der Waals surface area contributed by atoms with Crippen LogP contribution in [0.3, 0.4) is 0 Å². The van der Waals surface area contributed by atoms with Crippen molar-refractivity contribution in [1.82, 2.24) is 0 Å². The van der Waals surface area contributed by atoms with E-state index in [1.807, 2.05) is 6.92 Å². The molecule has 0 unspecified atom stereocenters. The highest BCUT2D eigenvalue weighted by Crippen LogP contribution is 2.22. The van der Waals surface area contributed by atoms with Crippen LogP contribution in [0.1, 0.15) is 11.3 Å². The van der Waals surface area contributed by atoms with E-state index < -0.39 is 0 Å². The minimum atomic E-state index is 0.424. The Labute approximate surface area is 64.1 Å². The lowest BCUT2D eigenvalue weighted by atomic mass is 10.3. The third kappa shape index (κ3) is 1.34. The third-order valence-electron chi connectivity index (χ3n) is 1.32. The summed E-state index contributed by atoms with van der Waals surface area (Å²) in [6.45, 7) is 1.84. The topological polar surface area (TPSA) is 55.0 Å². The number of furan rings is 1. The van der Waals surface area contributed by atoms with E-state index in [4.69, 9.17) is 14.4 Å². The van der Waals surface area contributed by atoms with Crippen LogP contribution in [-0.2, 0) is 0 Å². The van der Waals surface area contributed by atoms with Crippen molar-refractivity contribution in [2.75, 3.05) is 7.11 Å². The van der Waals surface area contributed by atoms with Crippen LogP contribution in [0.15, 0.2) is 15.8 Å². The molecule has 1 N–H and O–H groups in total. The summed E-state index contributed by atoms with van der Waals surface area (Å²) in [6, 6.07) is 0. The summed E-state index contributed by atoms with van der Waals surface area (Å²) in [6.07, 6.45) is 2.72. The molecular weight excluding hydrogens is 146 g/mol. The first-order valence-corrected chi connectivity index (χ1v) is 3.09. The van der Waals surface area contributed by atoms with Gasteiger partial charge in [-0.15, -0.1) is 0 Å². The molecule has 1 aromatic heterocycles. The van der Waals surface area contributed by atoms with Crippen molar-refractivity contribution in [2.45, 2.75) is 6.92 Å². The van der Waals surface area contributed by atoms with Crippen molar-refractivity contribution in [2.24, 2.45) is 5.16 Å². The minimum Gasteiger partial charge on any atom is -0.492 e. The van der Waals surface area contributed by atoms with Crippen molar-refractivity contribution in [3.63, 3.8) is 0 Å². The Morgan fingerprint density at radius 1 is 1.73 bits per heavy atom. The number of hydrogen-bond donors (Lipinski definition) is 1. The molecule has 1 heterocycles. The number of oxime groups is 1. The van der Waals surface area contributed by atoms with E-state index in [1.54, 1.807) is 0 Å². The second-order valence-corrected chi connectivity index (χ2v) is 2.06. The van der Waals surface area contributed by atoms with Gasteiger partial charge in [-0.2, -0.15) is 0 Å². The number of rotatable bonds is 2. The highest BCUT2D eigenvalue weighted by Gasteiger charge is 2.07. The first-order valence-electron chi connectivity index (χ1n) is 3.09. The monoisotopic (exact) mass is 155 g/mol.